The zero-order valence-corrected chi connectivity index (χ0v) is 18.5. The number of aryl methyl sites for hydroxylation is 1. The van der Waals surface area contributed by atoms with Gasteiger partial charge in [0.15, 0.2) is 0 Å². The van der Waals surface area contributed by atoms with Crippen LogP contribution in [0.25, 0.3) is 0 Å². The molecule has 0 spiro atoms. The average molecular weight is 436 g/mol. The van der Waals surface area contributed by atoms with Gasteiger partial charge in [-0.05, 0) is 93.6 Å². The lowest BCUT2D eigenvalue weighted by Gasteiger charge is -2.34. The molecule has 2 heterocycles. The van der Waals surface area contributed by atoms with E-state index in [4.69, 9.17) is 5.11 Å². The molecule has 7 heteroatoms. The number of benzene rings is 1. The van der Waals surface area contributed by atoms with Crippen LogP contribution in [-0.2, 0) is 17.6 Å². The molecule has 0 atom stereocenters. The van der Waals surface area contributed by atoms with Crippen molar-refractivity contribution in [2.24, 2.45) is 5.92 Å². The standard InChI is InChI=1S/C23H33N3O3.ClH/c27-22(28)10-5-17-3-7-20(8-4-17)25-14-15-26(23(25)29)21-9-6-18-11-13-24-12-1-2-19(18)16-21;/h6,9,16-17,20,24H,1-5,7-8,10-15H2,(H,27,28);1H. The molecule has 0 radical (unpaired) electrons. The fraction of sp³-hybridized carbons (Fsp3) is 0.652. The quantitative estimate of drug-likeness (QED) is 0.736. The molecule has 1 aromatic carbocycles. The zero-order valence-electron chi connectivity index (χ0n) is 17.6. The number of urea groups is 1. The molecular formula is C23H34ClN3O3. The number of carboxylic acid groups (broad SMARTS) is 1. The number of hydrogen-bond donors (Lipinski definition) is 2. The molecule has 2 N–H and O–H groups in total. The van der Waals surface area contributed by atoms with Crippen LogP contribution in [0.3, 0.4) is 0 Å². The van der Waals surface area contributed by atoms with Crippen molar-refractivity contribution in [2.45, 2.75) is 63.8 Å². The number of halogens is 1. The topological polar surface area (TPSA) is 72.9 Å². The highest BCUT2D eigenvalue weighted by molar-refractivity contribution is 5.94. The van der Waals surface area contributed by atoms with Gasteiger partial charge in [-0.2, -0.15) is 0 Å². The molecule has 30 heavy (non-hydrogen) atoms. The first-order valence-electron chi connectivity index (χ1n) is 11.2. The van der Waals surface area contributed by atoms with E-state index in [0.29, 0.717) is 12.0 Å². The number of carbonyl (C=O) groups excluding carboxylic acids is 1. The Morgan fingerprint density at radius 2 is 1.87 bits per heavy atom. The van der Waals surface area contributed by atoms with E-state index in [2.05, 4.69) is 28.4 Å². The van der Waals surface area contributed by atoms with E-state index in [9.17, 15) is 9.59 Å². The van der Waals surface area contributed by atoms with Crippen LogP contribution in [0.5, 0.6) is 0 Å². The van der Waals surface area contributed by atoms with Gasteiger partial charge in [-0.3, -0.25) is 9.69 Å². The molecule has 6 nitrogen and oxygen atoms in total. The minimum Gasteiger partial charge on any atom is -0.481 e. The minimum atomic E-state index is -0.704. The van der Waals surface area contributed by atoms with Crippen LogP contribution in [0.1, 0.15) is 56.1 Å². The van der Waals surface area contributed by atoms with Crippen molar-refractivity contribution in [3.63, 3.8) is 0 Å². The molecule has 2 aliphatic heterocycles. The summed E-state index contributed by atoms with van der Waals surface area (Å²) in [5.41, 5.74) is 3.85. The molecule has 0 aromatic heterocycles. The number of nitrogens with one attached hydrogen (secondary N) is 1. The Labute approximate surface area is 185 Å². The summed E-state index contributed by atoms with van der Waals surface area (Å²) in [5.74, 6) is -0.204. The summed E-state index contributed by atoms with van der Waals surface area (Å²) in [6, 6.07) is 7.02. The molecule has 0 bridgehead atoms. The van der Waals surface area contributed by atoms with Crippen LogP contribution in [0.2, 0.25) is 0 Å². The van der Waals surface area contributed by atoms with Gasteiger partial charge < -0.3 is 15.3 Å². The Bertz CT molecular complexity index is 749. The van der Waals surface area contributed by atoms with Crippen molar-refractivity contribution in [2.75, 3.05) is 31.1 Å². The lowest BCUT2D eigenvalue weighted by molar-refractivity contribution is -0.137. The Kier molecular flexibility index (Phi) is 8.00. The van der Waals surface area contributed by atoms with E-state index in [-0.39, 0.29) is 24.9 Å². The molecule has 2 amide bonds. The molecule has 0 unspecified atom stereocenters. The maximum absolute atomic E-state index is 13.2. The maximum Gasteiger partial charge on any atom is 0.324 e. The third-order valence-corrected chi connectivity index (χ3v) is 6.94. The Balaban J connectivity index is 0.00000256. The van der Waals surface area contributed by atoms with Gasteiger partial charge in [0.25, 0.3) is 0 Å². The molecule has 1 saturated carbocycles. The summed E-state index contributed by atoms with van der Waals surface area (Å²) in [4.78, 5) is 28.0. The van der Waals surface area contributed by atoms with Crippen molar-refractivity contribution in [1.29, 1.82) is 0 Å². The number of carbonyl (C=O) groups is 2. The van der Waals surface area contributed by atoms with Crippen molar-refractivity contribution in [3.05, 3.63) is 29.3 Å². The van der Waals surface area contributed by atoms with Crippen LogP contribution < -0.4 is 10.2 Å². The second kappa shape index (κ2) is 10.5. The largest absolute Gasteiger partial charge is 0.481 e. The van der Waals surface area contributed by atoms with Gasteiger partial charge in [-0.1, -0.05) is 6.07 Å². The van der Waals surface area contributed by atoms with Crippen molar-refractivity contribution in [3.8, 4) is 0 Å². The number of hydrogen-bond acceptors (Lipinski definition) is 3. The number of anilines is 1. The van der Waals surface area contributed by atoms with Crippen LogP contribution >= 0.6 is 12.4 Å². The Morgan fingerprint density at radius 3 is 2.63 bits per heavy atom. The SMILES string of the molecule is Cl.O=C(O)CCC1CCC(N2CCN(c3ccc4c(c3)CCCNCC4)C2=O)CC1. The van der Waals surface area contributed by atoms with Gasteiger partial charge in [0.05, 0.1) is 0 Å². The summed E-state index contributed by atoms with van der Waals surface area (Å²) in [6.45, 7) is 3.65. The molecular weight excluding hydrogens is 402 g/mol. The highest BCUT2D eigenvalue weighted by atomic mass is 35.5. The monoisotopic (exact) mass is 435 g/mol. The number of rotatable bonds is 5. The zero-order chi connectivity index (χ0) is 20.2. The van der Waals surface area contributed by atoms with E-state index in [1.165, 1.54) is 11.1 Å². The number of amides is 2. The predicted molar refractivity (Wildman–Crippen MR) is 121 cm³/mol. The number of fused-ring (bicyclic) bond motifs is 1. The maximum atomic E-state index is 13.2. The molecule has 1 aromatic rings. The molecule has 1 saturated heterocycles. The normalized spacial score (nSPS) is 24.6. The first-order chi connectivity index (χ1) is 14.1. The van der Waals surface area contributed by atoms with Gasteiger partial charge in [0.1, 0.15) is 0 Å². The average Bonchev–Trinajstić information content (AvgIpc) is 3.08. The van der Waals surface area contributed by atoms with E-state index < -0.39 is 5.97 Å². The first kappa shape index (κ1) is 22.9. The van der Waals surface area contributed by atoms with E-state index in [1.54, 1.807) is 0 Å². The Morgan fingerprint density at radius 1 is 1.07 bits per heavy atom. The second-order valence-electron chi connectivity index (χ2n) is 8.79. The van der Waals surface area contributed by atoms with Crippen molar-refractivity contribution >= 4 is 30.1 Å². The smallest absolute Gasteiger partial charge is 0.324 e. The van der Waals surface area contributed by atoms with Crippen LogP contribution in [-0.4, -0.2) is 54.2 Å². The molecule has 4 rings (SSSR count). The first-order valence-corrected chi connectivity index (χ1v) is 11.2. The van der Waals surface area contributed by atoms with E-state index >= 15 is 0 Å². The highest BCUT2D eigenvalue weighted by Gasteiger charge is 2.36. The summed E-state index contributed by atoms with van der Waals surface area (Å²) < 4.78 is 0. The fourth-order valence-corrected chi connectivity index (χ4v) is 5.21. The third kappa shape index (κ3) is 5.27. The Hall–Kier alpha value is -1.79. The van der Waals surface area contributed by atoms with Gasteiger partial charge in [0.2, 0.25) is 0 Å². The number of carboxylic acids is 1. The molecule has 1 aliphatic carbocycles. The van der Waals surface area contributed by atoms with Crippen molar-refractivity contribution in [1.82, 2.24) is 10.2 Å². The number of aliphatic carboxylic acids is 1. The summed E-state index contributed by atoms with van der Waals surface area (Å²) in [5, 5.41) is 12.3. The van der Waals surface area contributed by atoms with Gasteiger partial charge in [0, 0.05) is 31.2 Å². The summed E-state index contributed by atoms with van der Waals surface area (Å²) in [6.07, 6.45) is 8.38. The lowest BCUT2D eigenvalue weighted by atomic mass is 9.83. The van der Waals surface area contributed by atoms with Crippen LogP contribution in [0.15, 0.2) is 18.2 Å². The second-order valence-corrected chi connectivity index (χ2v) is 8.79. The van der Waals surface area contributed by atoms with Gasteiger partial charge >= 0.3 is 12.0 Å². The fourth-order valence-electron chi connectivity index (χ4n) is 5.21. The van der Waals surface area contributed by atoms with Crippen LogP contribution in [0.4, 0.5) is 10.5 Å². The van der Waals surface area contributed by atoms with E-state index in [0.717, 1.165) is 83.2 Å². The van der Waals surface area contributed by atoms with Gasteiger partial charge in [-0.15, -0.1) is 12.4 Å². The van der Waals surface area contributed by atoms with E-state index in [1.807, 2.05) is 4.90 Å². The summed E-state index contributed by atoms with van der Waals surface area (Å²) in [7, 11) is 0. The molecule has 3 aliphatic rings. The molecule has 2 fully saturated rings. The minimum absolute atomic E-state index is 0. The third-order valence-electron chi connectivity index (χ3n) is 6.94. The predicted octanol–water partition coefficient (Wildman–Crippen LogP) is 3.85. The van der Waals surface area contributed by atoms with Crippen LogP contribution in [0, 0.1) is 5.92 Å². The highest BCUT2D eigenvalue weighted by Crippen LogP contribution is 2.33. The van der Waals surface area contributed by atoms with Crippen molar-refractivity contribution < 1.29 is 14.7 Å². The van der Waals surface area contributed by atoms with Gasteiger partial charge in [-0.25, -0.2) is 4.79 Å². The lowest BCUT2D eigenvalue weighted by Crippen LogP contribution is -2.41. The molecule has 166 valence electrons. The summed E-state index contributed by atoms with van der Waals surface area (Å²) >= 11 is 0. The number of nitrogens with zero attached hydrogens (tertiary/aromatic N) is 2.